The molecule has 0 heterocycles. The molecule has 37 heavy (non-hydrogen) atoms. The first-order valence-electron chi connectivity index (χ1n) is 12.4. The molecule has 0 amide bonds. The molecule has 0 aliphatic carbocycles. The van der Waals surface area contributed by atoms with E-state index in [4.69, 9.17) is 4.74 Å². The fourth-order valence-corrected chi connectivity index (χ4v) is 10.4. The molecular weight excluding hydrogens is 481 g/mol. The van der Waals surface area contributed by atoms with Crippen molar-refractivity contribution in [1.82, 2.24) is 0 Å². The van der Waals surface area contributed by atoms with Gasteiger partial charge in [0.1, 0.15) is 0 Å². The predicted molar refractivity (Wildman–Crippen MR) is 152 cm³/mol. The van der Waals surface area contributed by atoms with Crippen LogP contribution in [0.1, 0.15) is 11.1 Å². The fourth-order valence-electron chi connectivity index (χ4n) is 5.21. The third-order valence-corrected chi connectivity index (χ3v) is 11.9. The molecule has 0 radical (unpaired) electrons. The van der Waals surface area contributed by atoms with Gasteiger partial charge in [0, 0.05) is 0 Å². The van der Waals surface area contributed by atoms with E-state index in [1.54, 1.807) is 0 Å². The Morgan fingerprint density at radius 1 is 0.514 bits per heavy atom. The number of hydrogen-bond acceptors (Lipinski definition) is 1. The SMILES string of the molecule is Fc1cc(F)cc(CC(OCc2ccccc2)[PH](c2ccccc2)(c2ccccc2)c2ccccc2)c1. The van der Waals surface area contributed by atoms with Gasteiger partial charge in [0.25, 0.3) is 0 Å². The number of benzene rings is 5. The quantitative estimate of drug-likeness (QED) is 0.199. The first kappa shape index (κ1) is 25.0. The molecule has 4 heteroatoms. The van der Waals surface area contributed by atoms with Crippen molar-refractivity contribution in [2.75, 3.05) is 0 Å². The second kappa shape index (κ2) is 11.6. The molecule has 1 nitrogen and oxygen atoms in total. The molecule has 186 valence electrons. The maximum absolute atomic E-state index is 14.3. The third kappa shape index (κ3) is 5.54. The van der Waals surface area contributed by atoms with Crippen LogP contribution in [-0.2, 0) is 17.8 Å². The summed E-state index contributed by atoms with van der Waals surface area (Å²) in [6, 6.07) is 45.1. The summed E-state index contributed by atoms with van der Waals surface area (Å²) >= 11 is 0. The van der Waals surface area contributed by atoms with Crippen LogP contribution in [-0.4, -0.2) is 5.85 Å². The van der Waals surface area contributed by atoms with E-state index in [0.717, 1.165) is 11.6 Å². The molecule has 0 saturated heterocycles. The van der Waals surface area contributed by atoms with E-state index in [2.05, 4.69) is 72.8 Å². The molecule has 0 aliphatic heterocycles. The van der Waals surface area contributed by atoms with Crippen molar-refractivity contribution in [3.63, 3.8) is 0 Å². The van der Waals surface area contributed by atoms with Crippen LogP contribution >= 0.6 is 7.26 Å². The molecule has 0 aromatic heterocycles. The summed E-state index contributed by atoms with van der Waals surface area (Å²) < 4.78 is 35.5. The van der Waals surface area contributed by atoms with Crippen molar-refractivity contribution in [2.24, 2.45) is 0 Å². The topological polar surface area (TPSA) is 9.23 Å². The summed E-state index contributed by atoms with van der Waals surface area (Å²) in [6.07, 6.45) is 0.367. The molecule has 0 spiro atoms. The van der Waals surface area contributed by atoms with E-state index >= 15 is 0 Å². The normalized spacial score (nSPS) is 12.7. The summed E-state index contributed by atoms with van der Waals surface area (Å²) in [5, 5.41) is 3.55. The van der Waals surface area contributed by atoms with Gasteiger partial charge < -0.3 is 0 Å². The molecule has 0 N–H and O–H groups in total. The van der Waals surface area contributed by atoms with Gasteiger partial charge in [0.05, 0.1) is 0 Å². The average Bonchev–Trinajstić information content (AvgIpc) is 2.94. The van der Waals surface area contributed by atoms with E-state index in [1.165, 1.54) is 28.0 Å². The van der Waals surface area contributed by atoms with Gasteiger partial charge in [-0.05, 0) is 0 Å². The Morgan fingerprint density at radius 3 is 1.35 bits per heavy atom. The van der Waals surface area contributed by atoms with Gasteiger partial charge in [-0.3, -0.25) is 0 Å². The van der Waals surface area contributed by atoms with E-state index in [9.17, 15) is 8.78 Å². The van der Waals surface area contributed by atoms with E-state index in [0.29, 0.717) is 18.6 Å². The van der Waals surface area contributed by atoms with E-state index in [-0.39, 0.29) is 5.85 Å². The number of rotatable bonds is 9. The van der Waals surface area contributed by atoms with Gasteiger partial charge in [-0.25, -0.2) is 0 Å². The zero-order valence-corrected chi connectivity index (χ0v) is 21.4. The Kier molecular flexibility index (Phi) is 7.84. The Bertz CT molecular complexity index is 1290. The first-order chi connectivity index (χ1) is 18.2. The van der Waals surface area contributed by atoms with Crippen LogP contribution in [0, 0.1) is 11.6 Å². The van der Waals surface area contributed by atoms with E-state index < -0.39 is 18.9 Å². The molecule has 0 bridgehead atoms. The van der Waals surface area contributed by atoms with Crippen LogP contribution < -0.4 is 15.9 Å². The van der Waals surface area contributed by atoms with Gasteiger partial charge in [0.2, 0.25) is 0 Å². The second-order valence-electron chi connectivity index (χ2n) is 9.17. The number of ether oxygens (including phenoxy) is 1. The number of halogens is 2. The number of hydrogen-bond donors (Lipinski definition) is 0. The van der Waals surface area contributed by atoms with Gasteiger partial charge in [-0.15, -0.1) is 0 Å². The van der Waals surface area contributed by atoms with Crippen LogP contribution in [0.3, 0.4) is 0 Å². The average molecular weight is 511 g/mol. The Labute approximate surface area is 217 Å². The summed E-state index contributed by atoms with van der Waals surface area (Å²) in [5.41, 5.74) is 1.63. The van der Waals surface area contributed by atoms with E-state index in [1.807, 2.05) is 48.5 Å². The molecule has 0 saturated carbocycles. The molecule has 0 aliphatic rings. The Morgan fingerprint density at radius 2 is 0.919 bits per heavy atom. The van der Waals surface area contributed by atoms with Crippen molar-refractivity contribution in [1.29, 1.82) is 0 Å². The van der Waals surface area contributed by atoms with Crippen LogP contribution in [0.4, 0.5) is 8.78 Å². The standard InChI is InChI=1S/C33H29F2OP/c34-28-21-27(22-29(35)24-28)23-33(36-25-26-13-5-1-6-14-26)37(30-15-7-2-8-16-30,31-17-9-3-10-18-31)32-19-11-4-12-20-32/h1-22,24,33,37H,23,25H2. The van der Waals surface area contributed by atoms with Gasteiger partial charge >= 0.3 is 218 Å². The third-order valence-electron chi connectivity index (χ3n) is 6.81. The minimum atomic E-state index is -2.89. The van der Waals surface area contributed by atoms with Crippen LogP contribution in [0.5, 0.6) is 0 Å². The van der Waals surface area contributed by atoms with Crippen molar-refractivity contribution in [3.8, 4) is 0 Å². The molecule has 5 rings (SSSR count). The van der Waals surface area contributed by atoms with Crippen molar-refractivity contribution in [3.05, 3.63) is 162 Å². The van der Waals surface area contributed by atoms with Crippen LogP contribution in [0.2, 0.25) is 0 Å². The molecule has 5 aromatic carbocycles. The summed E-state index contributed by atoms with van der Waals surface area (Å²) in [6.45, 7) is 0.393. The van der Waals surface area contributed by atoms with Gasteiger partial charge in [-0.2, -0.15) is 0 Å². The molecule has 1 unspecified atom stereocenters. The van der Waals surface area contributed by atoms with Crippen molar-refractivity contribution in [2.45, 2.75) is 18.9 Å². The maximum atomic E-state index is 14.3. The van der Waals surface area contributed by atoms with Crippen LogP contribution in [0.15, 0.2) is 140 Å². The molecule has 5 aromatic rings. The summed E-state index contributed by atoms with van der Waals surface area (Å²) in [7, 11) is -2.89. The minimum absolute atomic E-state index is 0.346. The molecule has 1 atom stereocenters. The first-order valence-corrected chi connectivity index (χ1v) is 14.5. The van der Waals surface area contributed by atoms with Gasteiger partial charge in [-0.1, -0.05) is 0 Å². The summed E-state index contributed by atoms with van der Waals surface area (Å²) in [5.74, 6) is -1.51. The van der Waals surface area contributed by atoms with Crippen LogP contribution in [0.25, 0.3) is 0 Å². The van der Waals surface area contributed by atoms with Gasteiger partial charge in [0.15, 0.2) is 0 Å². The zero-order chi connectivity index (χ0) is 25.5. The predicted octanol–water partition coefficient (Wildman–Crippen LogP) is 6.78. The second-order valence-corrected chi connectivity index (χ2v) is 13.2. The Balaban J connectivity index is 1.74. The molecule has 0 fully saturated rings. The summed E-state index contributed by atoms with van der Waals surface area (Å²) in [4.78, 5) is 0. The monoisotopic (exact) mass is 510 g/mol. The van der Waals surface area contributed by atoms with Crippen molar-refractivity contribution >= 4 is 23.2 Å². The Hall–Kier alpha value is -3.65. The fraction of sp³-hybridized carbons (Fsp3) is 0.0909. The zero-order valence-electron chi connectivity index (χ0n) is 20.4. The molecular formula is C33H29F2OP. The van der Waals surface area contributed by atoms with Crippen molar-refractivity contribution < 1.29 is 13.5 Å².